The molecule has 2 nitrogen and oxygen atoms in total. The van der Waals surface area contributed by atoms with Gasteiger partial charge in [-0.1, -0.05) is 5.92 Å². The van der Waals surface area contributed by atoms with Crippen LogP contribution >= 0.6 is 0 Å². The first-order valence-electron chi connectivity index (χ1n) is 6.02. The van der Waals surface area contributed by atoms with Crippen molar-refractivity contribution in [1.82, 2.24) is 10.2 Å². The van der Waals surface area contributed by atoms with Gasteiger partial charge in [0.25, 0.3) is 0 Å². The smallest absolute Gasteiger partial charge is 0.0769 e. The summed E-state index contributed by atoms with van der Waals surface area (Å²) in [6, 6.07) is 1.22. The Hall–Kier alpha value is -0.520. The van der Waals surface area contributed by atoms with Gasteiger partial charge in [-0.3, -0.25) is 4.90 Å². The number of piperazine rings is 1. The summed E-state index contributed by atoms with van der Waals surface area (Å²) in [6.07, 6.45) is 8.42. The van der Waals surface area contributed by atoms with E-state index in [1.807, 2.05) is 0 Å². The lowest BCUT2D eigenvalue weighted by molar-refractivity contribution is 0.0668. The first-order valence-corrected chi connectivity index (χ1v) is 6.02. The molecule has 0 bridgehead atoms. The first-order chi connectivity index (χ1) is 7.04. The van der Waals surface area contributed by atoms with E-state index in [1.165, 1.54) is 12.8 Å². The van der Waals surface area contributed by atoms with Gasteiger partial charge in [0, 0.05) is 25.2 Å². The van der Waals surface area contributed by atoms with Crippen molar-refractivity contribution in [3.05, 3.63) is 0 Å². The quantitative estimate of drug-likeness (QED) is 0.688. The molecule has 0 aromatic carbocycles. The maximum Gasteiger partial charge on any atom is 0.0769 e. The van der Waals surface area contributed by atoms with Crippen LogP contribution in [0.3, 0.4) is 0 Å². The number of nitrogens with one attached hydrogen (secondary N) is 1. The molecule has 0 aromatic rings. The van der Waals surface area contributed by atoms with E-state index in [-0.39, 0.29) is 5.54 Å². The maximum atomic E-state index is 5.62. The Labute approximate surface area is 93.4 Å². The third kappa shape index (κ3) is 2.19. The zero-order chi connectivity index (χ0) is 11.1. The summed E-state index contributed by atoms with van der Waals surface area (Å²) in [7, 11) is 0. The summed E-state index contributed by atoms with van der Waals surface area (Å²) in [5.41, 5.74) is -0.103. The topological polar surface area (TPSA) is 15.3 Å². The highest BCUT2D eigenvalue weighted by Crippen LogP contribution is 2.35. The molecule has 1 aliphatic carbocycles. The highest BCUT2D eigenvalue weighted by Gasteiger charge is 2.39. The zero-order valence-corrected chi connectivity index (χ0v) is 10.1. The van der Waals surface area contributed by atoms with Crippen LogP contribution in [-0.2, 0) is 0 Å². The van der Waals surface area contributed by atoms with Gasteiger partial charge in [-0.15, -0.1) is 6.42 Å². The highest BCUT2D eigenvalue weighted by atomic mass is 15.3. The van der Waals surface area contributed by atoms with Gasteiger partial charge in [-0.25, -0.2) is 0 Å². The second kappa shape index (κ2) is 3.81. The summed E-state index contributed by atoms with van der Waals surface area (Å²) in [4.78, 5) is 2.48. The van der Waals surface area contributed by atoms with Crippen LogP contribution in [0.1, 0.15) is 33.6 Å². The Morgan fingerprint density at radius 1 is 1.40 bits per heavy atom. The number of terminal acetylenes is 1. The third-order valence-corrected chi connectivity index (χ3v) is 3.86. The number of hydrogen-bond donors (Lipinski definition) is 1. The Kier molecular flexibility index (Phi) is 2.79. The molecule has 1 aliphatic heterocycles. The summed E-state index contributed by atoms with van der Waals surface area (Å²) >= 11 is 0. The Morgan fingerprint density at radius 2 is 2.07 bits per heavy atom. The standard InChI is InChI=1S/C13H22N2/c1-5-13(3,4)15-9-12(11-6-7-11)14-8-10(15)2/h1,10-12,14H,6-9H2,2-4H3. The van der Waals surface area contributed by atoms with E-state index < -0.39 is 0 Å². The number of nitrogens with zero attached hydrogens (tertiary/aromatic N) is 1. The number of rotatable bonds is 2. The molecule has 2 heteroatoms. The van der Waals surface area contributed by atoms with E-state index in [0.717, 1.165) is 19.0 Å². The first kappa shape index (κ1) is 11.0. The van der Waals surface area contributed by atoms with Crippen LogP contribution in [0.5, 0.6) is 0 Å². The van der Waals surface area contributed by atoms with Gasteiger partial charge >= 0.3 is 0 Å². The molecule has 84 valence electrons. The fourth-order valence-electron chi connectivity index (χ4n) is 2.56. The van der Waals surface area contributed by atoms with Crippen LogP contribution in [-0.4, -0.2) is 35.6 Å². The van der Waals surface area contributed by atoms with Gasteiger partial charge < -0.3 is 5.32 Å². The van der Waals surface area contributed by atoms with Crippen LogP contribution in [0.2, 0.25) is 0 Å². The van der Waals surface area contributed by atoms with Gasteiger partial charge in [-0.2, -0.15) is 0 Å². The van der Waals surface area contributed by atoms with Crippen molar-refractivity contribution in [2.75, 3.05) is 13.1 Å². The van der Waals surface area contributed by atoms with Crippen molar-refractivity contribution in [2.45, 2.75) is 51.2 Å². The van der Waals surface area contributed by atoms with E-state index in [9.17, 15) is 0 Å². The van der Waals surface area contributed by atoms with Crippen LogP contribution in [0.4, 0.5) is 0 Å². The molecule has 2 aliphatic rings. The van der Waals surface area contributed by atoms with Crippen LogP contribution in [0.25, 0.3) is 0 Å². The van der Waals surface area contributed by atoms with E-state index >= 15 is 0 Å². The van der Waals surface area contributed by atoms with E-state index in [4.69, 9.17) is 6.42 Å². The van der Waals surface area contributed by atoms with Gasteiger partial charge in [0.05, 0.1) is 5.54 Å². The molecular formula is C13H22N2. The van der Waals surface area contributed by atoms with E-state index in [1.54, 1.807) is 0 Å². The molecule has 1 saturated carbocycles. The predicted molar refractivity (Wildman–Crippen MR) is 63.6 cm³/mol. The average molecular weight is 206 g/mol. The van der Waals surface area contributed by atoms with E-state index in [2.05, 4.69) is 36.9 Å². The van der Waals surface area contributed by atoms with Crippen LogP contribution < -0.4 is 5.32 Å². The second-order valence-corrected chi connectivity index (χ2v) is 5.56. The highest BCUT2D eigenvalue weighted by molar-refractivity contribution is 5.11. The van der Waals surface area contributed by atoms with Gasteiger partial charge in [0.2, 0.25) is 0 Å². The van der Waals surface area contributed by atoms with Crippen molar-refractivity contribution < 1.29 is 0 Å². The molecule has 0 amide bonds. The Balaban J connectivity index is 2.05. The minimum Gasteiger partial charge on any atom is -0.311 e. The third-order valence-electron chi connectivity index (χ3n) is 3.86. The normalized spacial score (nSPS) is 33.7. The molecule has 2 atom stereocenters. The SMILES string of the molecule is C#CC(C)(C)N1CC(C2CC2)NCC1C. The molecule has 15 heavy (non-hydrogen) atoms. The summed E-state index contributed by atoms with van der Waals surface area (Å²) in [6.45, 7) is 8.75. The van der Waals surface area contributed by atoms with Crippen molar-refractivity contribution >= 4 is 0 Å². The monoisotopic (exact) mass is 206 g/mol. The minimum atomic E-state index is -0.103. The maximum absolute atomic E-state index is 5.62. The molecule has 0 radical (unpaired) electrons. The lowest BCUT2D eigenvalue weighted by Crippen LogP contribution is -2.62. The molecule has 0 spiro atoms. The molecule has 2 fully saturated rings. The summed E-state index contributed by atoms with van der Waals surface area (Å²) in [5, 5.41) is 3.65. The molecule has 0 aromatic heterocycles. The molecule has 2 rings (SSSR count). The molecule has 1 heterocycles. The Morgan fingerprint density at radius 3 is 2.60 bits per heavy atom. The number of hydrogen-bond acceptors (Lipinski definition) is 2. The summed E-state index contributed by atoms with van der Waals surface area (Å²) < 4.78 is 0. The Bertz CT molecular complexity index is 273. The summed E-state index contributed by atoms with van der Waals surface area (Å²) in [5.74, 6) is 3.83. The van der Waals surface area contributed by atoms with Crippen molar-refractivity contribution in [3.63, 3.8) is 0 Å². The lowest BCUT2D eigenvalue weighted by atomic mass is 9.96. The molecule has 1 N–H and O–H groups in total. The van der Waals surface area contributed by atoms with Crippen LogP contribution in [0, 0.1) is 18.3 Å². The largest absolute Gasteiger partial charge is 0.311 e. The second-order valence-electron chi connectivity index (χ2n) is 5.56. The van der Waals surface area contributed by atoms with Crippen molar-refractivity contribution in [2.24, 2.45) is 5.92 Å². The van der Waals surface area contributed by atoms with E-state index in [0.29, 0.717) is 12.1 Å². The molecular weight excluding hydrogens is 184 g/mol. The van der Waals surface area contributed by atoms with Crippen molar-refractivity contribution in [1.29, 1.82) is 0 Å². The molecule has 2 unspecified atom stereocenters. The fraction of sp³-hybridized carbons (Fsp3) is 0.846. The zero-order valence-electron chi connectivity index (χ0n) is 10.1. The minimum absolute atomic E-state index is 0.103. The average Bonchev–Trinajstić information content (AvgIpc) is 3.02. The lowest BCUT2D eigenvalue weighted by Gasteiger charge is -2.45. The van der Waals surface area contributed by atoms with Gasteiger partial charge in [-0.05, 0) is 39.5 Å². The van der Waals surface area contributed by atoms with Gasteiger partial charge in [0.1, 0.15) is 0 Å². The van der Waals surface area contributed by atoms with Gasteiger partial charge in [0.15, 0.2) is 0 Å². The van der Waals surface area contributed by atoms with Crippen LogP contribution in [0.15, 0.2) is 0 Å². The predicted octanol–water partition coefficient (Wildman–Crippen LogP) is 1.47. The fourth-order valence-corrected chi connectivity index (χ4v) is 2.56. The molecule has 1 saturated heterocycles. The van der Waals surface area contributed by atoms with Crippen molar-refractivity contribution in [3.8, 4) is 12.3 Å².